The first-order valence-electron chi connectivity index (χ1n) is 12.6. The zero-order valence-corrected chi connectivity index (χ0v) is 20.9. The molecule has 0 unspecified atom stereocenters. The maximum absolute atomic E-state index is 12.7. The van der Waals surface area contributed by atoms with Crippen molar-refractivity contribution in [2.45, 2.75) is 65.0 Å². The molecule has 1 amide bonds. The van der Waals surface area contributed by atoms with Gasteiger partial charge in [-0.25, -0.2) is 4.98 Å². The number of piperidine rings is 1. The number of hydrogen-bond donors (Lipinski definition) is 2. The number of rotatable bonds is 10. The van der Waals surface area contributed by atoms with Crippen LogP contribution in [0.2, 0.25) is 0 Å². The quantitative estimate of drug-likeness (QED) is 0.537. The first-order valence-corrected chi connectivity index (χ1v) is 12.6. The average Bonchev–Trinajstić information content (AvgIpc) is 3.66. The highest BCUT2D eigenvalue weighted by Crippen LogP contribution is 2.49. The summed E-state index contributed by atoms with van der Waals surface area (Å²) >= 11 is 0. The van der Waals surface area contributed by atoms with E-state index in [2.05, 4.69) is 32.7 Å². The number of nitrogens with zero attached hydrogens (tertiary/aromatic N) is 2. The van der Waals surface area contributed by atoms with E-state index in [4.69, 9.17) is 9.47 Å². The van der Waals surface area contributed by atoms with Gasteiger partial charge in [0.2, 0.25) is 0 Å². The fraction of sp³-hybridized carbons (Fsp3) is 0.556. The molecule has 184 valence electrons. The molecule has 7 heteroatoms. The van der Waals surface area contributed by atoms with Crippen molar-refractivity contribution in [3.05, 3.63) is 46.6 Å². The molecule has 34 heavy (non-hydrogen) atoms. The smallest absolute Gasteiger partial charge is 0.253 e. The molecule has 2 aromatic rings. The van der Waals surface area contributed by atoms with Crippen molar-refractivity contribution < 1.29 is 14.3 Å². The third-order valence-electron chi connectivity index (χ3n) is 6.66. The molecule has 0 radical (unpaired) electrons. The molecule has 1 aliphatic carbocycles. The summed E-state index contributed by atoms with van der Waals surface area (Å²) in [6, 6.07) is 6.49. The number of nitrogens with one attached hydrogen (secondary N) is 2. The molecule has 1 aliphatic heterocycles. The molecule has 0 atom stereocenters. The van der Waals surface area contributed by atoms with Gasteiger partial charge in [0.05, 0.1) is 18.8 Å². The number of aryl methyl sites for hydroxylation is 1. The van der Waals surface area contributed by atoms with Crippen LogP contribution in [-0.2, 0) is 6.54 Å². The molecular formula is C27H38N4O3. The molecule has 7 nitrogen and oxygen atoms in total. The van der Waals surface area contributed by atoms with Crippen LogP contribution in [0.5, 0.6) is 11.5 Å². The topological polar surface area (TPSA) is 75.7 Å². The zero-order chi connectivity index (χ0) is 24.1. The van der Waals surface area contributed by atoms with Crippen LogP contribution in [0.4, 0.5) is 5.82 Å². The minimum absolute atomic E-state index is 0.0462. The summed E-state index contributed by atoms with van der Waals surface area (Å²) in [6.45, 7) is 10.1. The Morgan fingerprint density at radius 3 is 2.24 bits per heavy atom. The summed E-state index contributed by atoms with van der Waals surface area (Å²) in [6.07, 6.45) is 5.94. The van der Waals surface area contributed by atoms with E-state index < -0.39 is 0 Å². The van der Waals surface area contributed by atoms with Crippen LogP contribution in [-0.4, -0.2) is 55.2 Å². The van der Waals surface area contributed by atoms with Gasteiger partial charge in [-0.15, -0.1) is 0 Å². The normalized spacial score (nSPS) is 16.8. The summed E-state index contributed by atoms with van der Waals surface area (Å²) in [5, 5.41) is 6.23. The van der Waals surface area contributed by atoms with Crippen molar-refractivity contribution in [3.63, 3.8) is 0 Å². The monoisotopic (exact) mass is 466 g/mol. The van der Waals surface area contributed by atoms with Crippen LogP contribution in [0.25, 0.3) is 0 Å². The van der Waals surface area contributed by atoms with Gasteiger partial charge in [0.1, 0.15) is 17.3 Å². The van der Waals surface area contributed by atoms with Gasteiger partial charge >= 0.3 is 0 Å². The maximum atomic E-state index is 12.7. The SMILES string of the molecule is CCOc1cc(CN2CCC(NC(=O)c3cnc(NC)c(C)c3)CC2)cc(OCC)c1C1CC1. The van der Waals surface area contributed by atoms with E-state index in [1.165, 1.54) is 24.0 Å². The number of carbonyl (C=O) groups is 1. The molecule has 2 fully saturated rings. The number of likely N-dealkylation sites (tertiary alicyclic amines) is 1. The predicted octanol–water partition coefficient (Wildman–Crippen LogP) is 4.50. The molecule has 1 aromatic heterocycles. The molecule has 2 heterocycles. The lowest BCUT2D eigenvalue weighted by atomic mass is 10.0. The van der Waals surface area contributed by atoms with Gasteiger partial charge in [-0.05, 0) is 81.7 Å². The molecule has 1 saturated heterocycles. The second-order valence-corrected chi connectivity index (χ2v) is 9.31. The van der Waals surface area contributed by atoms with Gasteiger partial charge in [0.15, 0.2) is 0 Å². The molecule has 2 N–H and O–H groups in total. The number of pyridine rings is 1. The van der Waals surface area contributed by atoms with Crippen LogP contribution < -0.4 is 20.1 Å². The summed E-state index contributed by atoms with van der Waals surface area (Å²) in [4.78, 5) is 19.5. The van der Waals surface area contributed by atoms with E-state index in [0.29, 0.717) is 24.7 Å². The first-order chi connectivity index (χ1) is 16.5. The van der Waals surface area contributed by atoms with Gasteiger partial charge in [0, 0.05) is 44.5 Å². The van der Waals surface area contributed by atoms with Crippen LogP contribution in [0, 0.1) is 6.92 Å². The highest BCUT2D eigenvalue weighted by atomic mass is 16.5. The Kier molecular flexibility index (Phi) is 7.93. The van der Waals surface area contributed by atoms with Crippen molar-refractivity contribution in [1.82, 2.24) is 15.2 Å². The number of ether oxygens (including phenoxy) is 2. The van der Waals surface area contributed by atoms with Crippen molar-refractivity contribution in [1.29, 1.82) is 0 Å². The number of aromatic nitrogens is 1. The lowest BCUT2D eigenvalue weighted by Crippen LogP contribution is -2.44. The molecule has 4 rings (SSSR count). The molecular weight excluding hydrogens is 428 g/mol. The Morgan fingerprint density at radius 1 is 1.06 bits per heavy atom. The van der Waals surface area contributed by atoms with E-state index >= 15 is 0 Å². The third kappa shape index (κ3) is 5.81. The second kappa shape index (κ2) is 11.1. The predicted molar refractivity (Wildman–Crippen MR) is 135 cm³/mol. The fourth-order valence-corrected chi connectivity index (χ4v) is 4.79. The van der Waals surface area contributed by atoms with Gasteiger partial charge in [0.25, 0.3) is 5.91 Å². The van der Waals surface area contributed by atoms with Crippen LogP contribution in [0.15, 0.2) is 24.4 Å². The Labute approximate surface area is 203 Å². The van der Waals surface area contributed by atoms with Crippen LogP contribution >= 0.6 is 0 Å². The standard InChI is InChI=1S/C27H38N4O3/c1-5-33-23-14-19(15-24(34-6-2)25(23)20-7-8-20)17-31-11-9-22(10-12-31)30-27(32)21-13-18(3)26(28-4)29-16-21/h13-16,20,22H,5-12,17H2,1-4H3,(H,28,29)(H,30,32). The molecule has 0 bridgehead atoms. The van der Waals surface area contributed by atoms with E-state index in [1.54, 1.807) is 6.20 Å². The second-order valence-electron chi connectivity index (χ2n) is 9.31. The lowest BCUT2D eigenvalue weighted by molar-refractivity contribution is 0.0908. The third-order valence-corrected chi connectivity index (χ3v) is 6.66. The summed E-state index contributed by atoms with van der Waals surface area (Å²) in [5.74, 6) is 3.30. The minimum atomic E-state index is -0.0462. The summed E-state index contributed by atoms with van der Waals surface area (Å²) in [5.41, 5.74) is 4.06. The number of carbonyl (C=O) groups excluding carboxylic acids is 1. The van der Waals surface area contributed by atoms with E-state index in [1.807, 2.05) is 33.9 Å². The van der Waals surface area contributed by atoms with E-state index in [-0.39, 0.29) is 11.9 Å². The van der Waals surface area contributed by atoms with Gasteiger partial charge in [-0.2, -0.15) is 0 Å². The Hall–Kier alpha value is -2.80. The molecule has 1 aromatic carbocycles. The largest absolute Gasteiger partial charge is 0.493 e. The zero-order valence-electron chi connectivity index (χ0n) is 20.9. The fourth-order valence-electron chi connectivity index (χ4n) is 4.79. The highest BCUT2D eigenvalue weighted by Gasteiger charge is 2.31. The number of anilines is 1. The van der Waals surface area contributed by atoms with Crippen molar-refractivity contribution in [2.24, 2.45) is 0 Å². The van der Waals surface area contributed by atoms with Gasteiger partial charge in [-0.1, -0.05) is 0 Å². The number of benzene rings is 1. The minimum Gasteiger partial charge on any atom is -0.493 e. The summed E-state index contributed by atoms with van der Waals surface area (Å²) in [7, 11) is 1.83. The van der Waals surface area contributed by atoms with Gasteiger partial charge < -0.3 is 20.1 Å². The number of hydrogen-bond acceptors (Lipinski definition) is 6. The number of amides is 1. The lowest BCUT2D eigenvalue weighted by Gasteiger charge is -2.32. The molecule has 1 saturated carbocycles. The Balaban J connectivity index is 1.35. The van der Waals surface area contributed by atoms with Crippen molar-refractivity contribution in [3.8, 4) is 11.5 Å². The first kappa shape index (κ1) is 24.3. The molecule has 0 spiro atoms. The van der Waals surface area contributed by atoms with Crippen molar-refractivity contribution >= 4 is 11.7 Å². The summed E-state index contributed by atoms with van der Waals surface area (Å²) < 4.78 is 12.1. The Morgan fingerprint density at radius 2 is 1.71 bits per heavy atom. The van der Waals surface area contributed by atoms with E-state index in [0.717, 1.165) is 55.4 Å². The van der Waals surface area contributed by atoms with Crippen LogP contribution in [0.3, 0.4) is 0 Å². The molecule has 2 aliphatic rings. The van der Waals surface area contributed by atoms with Gasteiger partial charge in [-0.3, -0.25) is 9.69 Å². The van der Waals surface area contributed by atoms with Crippen molar-refractivity contribution in [2.75, 3.05) is 38.7 Å². The van der Waals surface area contributed by atoms with E-state index in [9.17, 15) is 4.79 Å². The Bertz CT molecular complexity index is 970. The van der Waals surface area contributed by atoms with Crippen LogP contribution in [0.1, 0.15) is 72.5 Å². The average molecular weight is 467 g/mol. The maximum Gasteiger partial charge on any atom is 0.253 e. The highest BCUT2D eigenvalue weighted by molar-refractivity contribution is 5.94.